The van der Waals surface area contributed by atoms with Crippen LogP contribution in [0.15, 0.2) is 45.6 Å². The van der Waals surface area contributed by atoms with E-state index in [0.29, 0.717) is 11.3 Å². The van der Waals surface area contributed by atoms with Crippen molar-refractivity contribution in [2.75, 3.05) is 5.32 Å². The lowest BCUT2D eigenvalue weighted by molar-refractivity contribution is 0.102. The number of carbonyl (C=O) groups is 1. The van der Waals surface area contributed by atoms with Crippen LogP contribution in [0, 0.1) is 6.92 Å². The van der Waals surface area contributed by atoms with Gasteiger partial charge in [0, 0.05) is 10.0 Å². The van der Waals surface area contributed by atoms with Gasteiger partial charge in [0.1, 0.15) is 4.60 Å². The number of halogens is 2. The van der Waals surface area contributed by atoms with Crippen molar-refractivity contribution in [2.24, 2.45) is 0 Å². The van der Waals surface area contributed by atoms with E-state index < -0.39 is 0 Å². The zero-order valence-corrected chi connectivity index (χ0v) is 12.7. The lowest BCUT2D eigenvalue weighted by Gasteiger charge is -2.06. The van der Waals surface area contributed by atoms with Gasteiger partial charge >= 0.3 is 0 Å². The molecule has 1 aromatic heterocycles. The molecule has 0 aliphatic carbocycles. The summed E-state index contributed by atoms with van der Waals surface area (Å²) in [4.78, 5) is 16.1. The van der Waals surface area contributed by atoms with Crippen LogP contribution in [0.25, 0.3) is 0 Å². The number of aryl methyl sites for hydroxylation is 1. The van der Waals surface area contributed by atoms with Crippen LogP contribution in [0.4, 0.5) is 5.69 Å². The Balaban J connectivity index is 2.18. The molecule has 1 amide bonds. The molecule has 0 bridgehead atoms. The van der Waals surface area contributed by atoms with E-state index in [0.717, 1.165) is 14.6 Å². The van der Waals surface area contributed by atoms with Crippen LogP contribution >= 0.6 is 31.9 Å². The Morgan fingerprint density at radius 2 is 2.06 bits per heavy atom. The lowest BCUT2D eigenvalue weighted by atomic mass is 10.2. The summed E-state index contributed by atoms with van der Waals surface area (Å²) in [5.41, 5.74) is 2.26. The molecule has 92 valence electrons. The topological polar surface area (TPSA) is 42.0 Å². The molecule has 0 atom stereocenters. The number of amides is 1. The molecule has 18 heavy (non-hydrogen) atoms. The van der Waals surface area contributed by atoms with Crippen LogP contribution in [0.3, 0.4) is 0 Å². The van der Waals surface area contributed by atoms with Crippen molar-refractivity contribution < 1.29 is 4.79 Å². The molecule has 0 aliphatic heterocycles. The van der Waals surface area contributed by atoms with Gasteiger partial charge in [-0.2, -0.15) is 0 Å². The fourth-order valence-electron chi connectivity index (χ4n) is 1.46. The third kappa shape index (κ3) is 3.17. The first-order valence-corrected chi connectivity index (χ1v) is 6.84. The predicted octanol–water partition coefficient (Wildman–Crippen LogP) is 4.17. The van der Waals surface area contributed by atoms with Crippen molar-refractivity contribution in [2.45, 2.75) is 6.92 Å². The van der Waals surface area contributed by atoms with E-state index in [1.165, 1.54) is 0 Å². The first kappa shape index (κ1) is 13.2. The van der Waals surface area contributed by atoms with Crippen LogP contribution in [0.5, 0.6) is 0 Å². The van der Waals surface area contributed by atoms with E-state index in [9.17, 15) is 4.79 Å². The highest BCUT2D eigenvalue weighted by molar-refractivity contribution is 9.10. The van der Waals surface area contributed by atoms with Gasteiger partial charge in [-0.3, -0.25) is 4.79 Å². The third-order valence-electron chi connectivity index (χ3n) is 2.36. The second-order valence-electron chi connectivity index (χ2n) is 3.80. The smallest absolute Gasteiger partial charge is 0.255 e. The molecule has 2 rings (SSSR count). The average molecular weight is 370 g/mol. The van der Waals surface area contributed by atoms with Crippen molar-refractivity contribution in [3.63, 3.8) is 0 Å². The molecular weight excluding hydrogens is 360 g/mol. The maximum Gasteiger partial charge on any atom is 0.255 e. The van der Waals surface area contributed by atoms with Gasteiger partial charge in [-0.25, -0.2) is 4.98 Å². The van der Waals surface area contributed by atoms with Crippen LogP contribution in [-0.4, -0.2) is 10.9 Å². The van der Waals surface area contributed by atoms with Gasteiger partial charge in [-0.1, -0.05) is 22.0 Å². The molecule has 0 unspecified atom stereocenters. The second-order valence-corrected chi connectivity index (χ2v) is 5.46. The van der Waals surface area contributed by atoms with E-state index in [-0.39, 0.29) is 5.91 Å². The number of hydrogen-bond donors (Lipinski definition) is 1. The summed E-state index contributed by atoms with van der Waals surface area (Å²) in [6.45, 7) is 1.92. The van der Waals surface area contributed by atoms with E-state index >= 15 is 0 Å². The minimum Gasteiger partial charge on any atom is -0.321 e. The molecule has 0 radical (unpaired) electrons. The Hall–Kier alpha value is -1.20. The number of nitrogens with zero attached hydrogens (tertiary/aromatic N) is 1. The summed E-state index contributed by atoms with van der Waals surface area (Å²) in [5, 5.41) is 2.81. The van der Waals surface area contributed by atoms with Gasteiger partial charge in [-0.15, -0.1) is 0 Å². The number of nitrogens with one attached hydrogen (secondary N) is 1. The maximum atomic E-state index is 12.0. The standard InChI is InChI=1S/C13H10Br2N2O/c1-8-5-11(7-16-12(8)15)17-13(18)9-3-2-4-10(14)6-9/h2-7H,1H3,(H,17,18). The quantitative estimate of drug-likeness (QED) is 0.807. The normalized spacial score (nSPS) is 10.2. The molecular formula is C13H10Br2N2O. The van der Waals surface area contributed by atoms with Gasteiger partial charge in [-0.05, 0) is 52.7 Å². The molecule has 5 heteroatoms. The molecule has 1 N–H and O–H groups in total. The van der Waals surface area contributed by atoms with Crippen LogP contribution < -0.4 is 5.32 Å². The van der Waals surface area contributed by atoms with E-state index in [1.807, 2.05) is 25.1 Å². The molecule has 0 saturated carbocycles. The van der Waals surface area contributed by atoms with Crippen LogP contribution in [0.1, 0.15) is 15.9 Å². The SMILES string of the molecule is Cc1cc(NC(=O)c2cccc(Br)c2)cnc1Br. The number of hydrogen-bond acceptors (Lipinski definition) is 2. The minimum absolute atomic E-state index is 0.153. The average Bonchev–Trinajstić information content (AvgIpc) is 2.34. The summed E-state index contributed by atoms with van der Waals surface area (Å²) in [6.07, 6.45) is 1.62. The number of anilines is 1. The fourth-order valence-corrected chi connectivity index (χ4v) is 2.08. The van der Waals surface area contributed by atoms with E-state index in [2.05, 4.69) is 42.2 Å². The molecule has 1 heterocycles. The Morgan fingerprint density at radius 1 is 1.28 bits per heavy atom. The Labute approximate surface area is 122 Å². The molecule has 0 saturated heterocycles. The van der Waals surface area contributed by atoms with Gasteiger partial charge in [0.15, 0.2) is 0 Å². The molecule has 3 nitrogen and oxygen atoms in total. The molecule has 2 aromatic rings. The number of benzene rings is 1. The predicted molar refractivity (Wildman–Crippen MR) is 78.8 cm³/mol. The molecule has 0 fully saturated rings. The van der Waals surface area contributed by atoms with Gasteiger partial charge in [0.05, 0.1) is 11.9 Å². The number of pyridine rings is 1. The molecule has 1 aromatic carbocycles. The Morgan fingerprint density at radius 3 is 2.72 bits per heavy atom. The first-order chi connectivity index (χ1) is 8.56. The van der Waals surface area contributed by atoms with Gasteiger partial charge in [0.25, 0.3) is 5.91 Å². The van der Waals surface area contributed by atoms with Crippen molar-refractivity contribution in [1.82, 2.24) is 4.98 Å². The highest BCUT2D eigenvalue weighted by atomic mass is 79.9. The molecule has 0 aliphatic rings. The number of aromatic nitrogens is 1. The second kappa shape index (κ2) is 5.63. The molecule has 0 spiro atoms. The van der Waals surface area contributed by atoms with Gasteiger partial charge in [0.2, 0.25) is 0 Å². The van der Waals surface area contributed by atoms with E-state index in [1.54, 1.807) is 18.3 Å². The number of carbonyl (C=O) groups excluding carboxylic acids is 1. The van der Waals surface area contributed by atoms with Crippen LogP contribution in [0.2, 0.25) is 0 Å². The highest BCUT2D eigenvalue weighted by Gasteiger charge is 2.07. The van der Waals surface area contributed by atoms with Crippen molar-refractivity contribution in [3.8, 4) is 0 Å². The summed E-state index contributed by atoms with van der Waals surface area (Å²) in [7, 11) is 0. The first-order valence-electron chi connectivity index (χ1n) is 5.25. The van der Waals surface area contributed by atoms with Crippen molar-refractivity contribution >= 4 is 43.5 Å². The number of rotatable bonds is 2. The van der Waals surface area contributed by atoms with E-state index in [4.69, 9.17) is 0 Å². The van der Waals surface area contributed by atoms with Crippen LogP contribution in [-0.2, 0) is 0 Å². The summed E-state index contributed by atoms with van der Waals surface area (Å²) < 4.78 is 1.66. The fraction of sp³-hybridized carbons (Fsp3) is 0.0769. The third-order valence-corrected chi connectivity index (χ3v) is 3.68. The lowest BCUT2D eigenvalue weighted by Crippen LogP contribution is -2.12. The largest absolute Gasteiger partial charge is 0.321 e. The monoisotopic (exact) mass is 368 g/mol. The Bertz CT molecular complexity index is 599. The summed E-state index contributed by atoms with van der Waals surface area (Å²) in [6, 6.07) is 9.10. The Kier molecular flexibility index (Phi) is 4.14. The van der Waals surface area contributed by atoms with Crippen molar-refractivity contribution in [1.29, 1.82) is 0 Å². The zero-order valence-electron chi connectivity index (χ0n) is 9.58. The van der Waals surface area contributed by atoms with Gasteiger partial charge < -0.3 is 5.32 Å². The zero-order chi connectivity index (χ0) is 13.1. The van der Waals surface area contributed by atoms with Crippen molar-refractivity contribution in [3.05, 3.63) is 56.7 Å². The minimum atomic E-state index is -0.153. The summed E-state index contributed by atoms with van der Waals surface area (Å²) >= 11 is 6.66. The maximum absolute atomic E-state index is 12.0. The highest BCUT2D eigenvalue weighted by Crippen LogP contribution is 2.18. The summed E-state index contributed by atoms with van der Waals surface area (Å²) in [5.74, 6) is -0.153.